The Kier molecular flexibility index (Phi) is 3.94. The number of oxime groups is 1. The zero-order chi connectivity index (χ0) is 14.9. The van der Waals surface area contributed by atoms with E-state index in [4.69, 9.17) is 10.9 Å². The highest BCUT2D eigenvalue weighted by molar-refractivity contribution is 9.10. The summed E-state index contributed by atoms with van der Waals surface area (Å²) in [6.45, 7) is 0. The van der Waals surface area contributed by atoms with Gasteiger partial charge in [0.25, 0.3) is 0 Å². The molecule has 0 radical (unpaired) electrons. The van der Waals surface area contributed by atoms with Crippen LogP contribution in [0.1, 0.15) is 19.3 Å². The van der Waals surface area contributed by atoms with E-state index in [1.807, 2.05) is 0 Å². The first-order valence-electron chi connectivity index (χ1n) is 5.85. The molecule has 4 N–H and O–H groups in total. The van der Waals surface area contributed by atoms with E-state index in [2.05, 4.69) is 26.4 Å². The highest BCUT2D eigenvalue weighted by atomic mass is 79.9. The van der Waals surface area contributed by atoms with E-state index in [0.717, 1.165) is 18.6 Å². The van der Waals surface area contributed by atoms with Crippen molar-refractivity contribution in [3.63, 3.8) is 0 Å². The van der Waals surface area contributed by atoms with Gasteiger partial charge in [-0.1, -0.05) is 11.6 Å². The molecule has 2 rings (SSSR count). The molecule has 1 saturated carbocycles. The molecule has 108 valence electrons. The second-order valence-corrected chi connectivity index (χ2v) is 5.48. The summed E-state index contributed by atoms with van der Waals surface area (Å²) in [5.41, 5.74) is 4.09. The maximum absolute atomic E-state index is 13.7. The molecule has 0 heterocycles. The number of carbonyl (C=O) groups excluding carboxylic acids is 1. The number of nitrogens with zero attached hydrogens (tertiary/aromatic N) is 1. The van der Waals surface area contributed by atoms with Crippen LogP contribution in [0.5, 0.6) is 0 Å². The summed E-state index contributed by atoms with van der Waals surface area (Å²) in [5.74, 6) is -2.31. The summed E-state index contributed by atoms with van der Waals surface area (Å²) in [6.07, 6.45) is 1.53. The third kappa shape index (κ3) is 2.35. The lowest BCUT2D eigenvalue weighted by molar-refractivity contribution is -0.125. The van der Waals surface area contributed by atoms with Gasteiger partial charge in [0, 0.05) is 6.07 Å². The van der Waals surface area contributed by atoms with Crippen LogP contribution in [0, 0.1) is 17.0 Å². The van der Waals surface area contributed by atoms with E-state index in [9.17, 15) is 13.6 Å². The molecule has 0 atom stereocenters. The highest BCUT2D eigenvalue weighted by Crippen LogP contribution is 2.42. The van der Waals surface area contributed by atoms with E-state index >= 15 is 0 Å². The van der Waals surface area contributed by atoms with Crippen molar-refractivity contribution in [3.05, 3.63) is 28.2 Å². The minimum absolute atomic E-state index is 0.0391. The molecular weight excluding hydrogens is 336 g/mol. The number of hydrogen-bond donors (Lipinski definition) is 3. The van der Waals surface area contributed by atoms with Crippen LogP contribution in [0.4, 0.5) is 14.5 Å². The van der Waals surface area contributed by atoms with Crippen molar-refractivity contribution in [1.82, 2.24) is 0 Å². The monoisotopic (exact) mass is 347 g/mol. The molecule has 0 bridgehead atoms. The lowest BCUT2D eigenvalue weighted by Gasteiger charge is -2.38. The Hall–Kier alpha value is -1.70. The van der Waals surface area contributed by atoms with Crippen molar-refractivity contribution >= 4 is 33.4 Å². The van der Waals surface area contributed by atoms with Crippen LogP contribution in [0.3, 0.4) is 0 Å². The van der Waals surface area contributed by atoms with Crippen molar-refractivity contribution < 1.29 is 18.8 Å². The van der Waals surface area contributed by atoms with Crippen LogP contribution in [0.2, 0.25) is 0 Å². The second kappa shape index (κ2) is 5.35. The van der Waals surface area contributed by atoms with Crippen LogP contribution in [0.15, 0.2) is 21.8 Å². The molecule has 0 saturated heterocycles. The van der Waals surface area contributed by atoms with Crippen LogP contribution < -0.4 is 11.1 Å². The quantitative estimate of drug-likeness (QED) is 0.258. The lowest BCUT2D eigenvalue weighted by Crippen LogP contribution is -2.51. The number of amides is 1. The molecular formula is C12H12BrF2N3O2. The van der Waals surface area contributed by atoms with Gasteiger partial charge in [0.2, 0.25) is 5.91 Å². The zero-order valence-electron chi connectivity index (χ0n) is 10.3. The van der Waals surface area contributed by atoms with Gasteiger partial charge in [-0.15, -0.1) is 0 Å². The van der Waals surface area contributed by atoms with Crippen LogP contribution in [-0.2, 0) is 4.79 Å². The zero-order valence-corrected chi connectivity index (χ0v) is 11.9. The smallest absolute Gasteiger partial charge is 0.238 e. The summed E-state index contributed by atoms with van der Waals surface area (Å²) in [7, 11) is 0. The average molecular weight is 348 g/mol. The van der Waals surface area contributed by atoms with Gasteiger partial charge in [0.05, 0.1) is 10.2 Å². The first-order valence-corrected chi connectivity index (χ1v) is 6.64. The molecule has 1 aliphatic carbocycles. The normalized spacial score (nSPS) is 17.4. The van der Waals surface area contributed by atoms with Gasteiger partial charge in [-0.05, 0) is 34.8 Å². The van der Waals surface area contributed by atoms with Crippen molar-refractivity contribution in [3.8, 4) is 0 Å². The van der Waals surface area contributed by atoms with E-state index < -0.39 is 23.0 Å². The number of benzene rings is 1. The number of amidine groups is 1. The second-order valence-electron chi connectivity index (χ2n) is 4.62. The molecule has 1 amide bonds. The van der Waals surface area contributed by atoms with Gasteiger partial charge < -0.3 is 16.3 Å². The topological polar surface area (TPSA) is 87.7 Å². The molecule has 1 aliphatic rings. The molecule has 0 aromatic heterocycles. The molecule has 0 unspecified atom stereocenters. The Balaban J connectivity index is 2.26. The maximum Gasteiger partial charge on any atom is 0.238 e. The summed E-state index contributed by atoms with van der Waals surface area (Å²) < 4.78 is 27.0. The number of rotatable bonds is 3. The van der Waals surface area contributed by atoms with Gasteiger partial charge in [-0.3, -0.25) is 4.79 Å². The van der Waals surface area contributed by atoms with Gasteiger partial charge in [0.1, 0.15) is 17.0 Å². The third-order valence-corrected chi connectivity index (χ3v) is 4.11. The Morgan fingerprint density at radius 1 is 1.40 bits per heavy atom. The number of halogens is 3. The number of nitrogens with two attached hydrogens (primary N) is 1. The fourth-order valence-corrected chi connectivity index (χ4v) is 2.40. The Labute approximate surface area is 122 Å². The number of anilines is 1. The summed E-state index contributed by atoms with van der Waals surface area (Å²) in [5, 5.41) is 13.9. The number of nitrogens with one attached hydrogen (secondary N) is 1. The van der Waals surface area contributed by atoms with Gasteiger partial charge >= 0.3 is 0 Å². The van der Waals surface area contributed by atoms with Crippen LogP contribution in [0.25, 0.3) is 0 Å². The van der Waals surface area contributed by atoms with E-state index in [-0.39, 0.29) is 16.0 Å². The summed E-state index contributed by atoms with van der Waals surface area (Å²) in [4.78, 5) is 12.2. The largest absolute Gasteiger partial charge is 0.409 e. The predicted octanol–water partition coefficient (Wildman–Crippen LogP) is 2.58. The number of hydrogen-bond acceptors (Lipinski definition) is 3. The molecule has 1 aromatic carbocycles. The highest BCUT2D eigenvalue weighted by Gasteiger charge is 2.48. The van der Waals surface area contributed by atoms with Crippen LogP contribution in [-0.4, -0.2) is 17.0 Å². The van der Waals surface area contributed by atoms with Crippen molar-refractivity contribution in [2.45, 2.75) is 19.3 Å². The maximum atomic E-state index is 13.7. The van der Waals surface area contributed by atoms with E-state index in [1.54, 1.807) is 0 Å². The Morgan fingerprint density at radius 3 is 2.55 bits per heavy atom. The molecule has 8 heteroatoms. The fraction of sp³-hybridized carbons (Fsp3) is 0.333. The lowest BCUT2D eigenvalue weighted by atomic mass is 9.67. The minimum Gasteiger partial charge on any atom is -0.409 e. The Bertz CT molecular complexity index is 588. The molecule has 20 heavy (non-hydrogen) atoms. The first kappa shape index (κ1) is 14.7. The fourth-order valence-electron chi connectivity index (χ4n) is 2.09. The van der Waals surface area contributed by atoms with Crippen LogP contribution >= 0.6 is 15.9 Å². The predicted molar refractivity (Wildman–Crippen MR) is 72.4 cm³/mol. The third-order valence-electron chi connectivity index (χ3n) is 3.50. The summed E-state index contributed by atoms with van der Waals surface area (Å²) in [6, 6.07) is 1.79. The van der Waals surface area contributed by atoms with E-state index in [1.165, 1.54) is 0 Å². The average Bonchev–Trinajstić information content (AvgIpc) is 2.34. The SMILES string of the molecule is N/C(=N/O)C1(C(=O)Nc2cc(F)c(Br)cc2F)CCC1. The standard InChI is InChI=1S/C12H12BrF2N3O2/c13-6-4-8(15)9(5-7(6)14)17-11(19)12(2-1-3-12)10(16)18-20/h4-5,20H,1-3H2,(H2,16,18)(H,17,19). The van der Waals surface area contributed by atoms with Crippen molar-refractivity contribution in [2.75, 3.05) is 5.32 Å². The van der Waals surface area contributed by atoms with Gasteiger partial charge in [-0.25, -0.2) is 8.78 Å². The minimum atomic E-state index is -1.15. The van der Waals surface area contributed by atoms with E-state index in [0.29, 0.717) is 12.8 Å². The molecule has 0 aliphatic heterocycles. The van der Waals surface area contributed by atoms with Gasteiger partial charge in [0.15, 0.2) is 5.84 Å². The number of carbonyl (C=O) groups is 1. The van der Waals surface area contributed by atoms with Crippen molar-refractivity contribution in [1.29, 1.82) is 0 Å². The van der Waals surface area contributed by atoms with Crippen molar-refractivity contribution in [2.24, 2.45) is 16.3 Å². The van der Waals surface area contributed by atoms with Gasteiger partial charge in [-0.2, -0.15) is 0 Å². The molecule has 1 fully saturated rings. The summed E-state index contributed by atoms with van der Waals surface area (Å²) >= 11 is 2.85. The first-order chi connectivity index (χ1) is 9.40. The molecule has 5 nitrogen and oxygen atoms in total. The Morgan fingerprint density at radius 2 is 2.05 bits per heavy atom. The molecule has 1 aromatic rings. The molecule has 0 spiro atoms.